The minimum Gasteiger partial charge on any atom is -0.466 e. The van der Waals surface area contributed by atoms with Crippen LogP contribution in [0.1, 0.15) is 35.6 Å². The largest absolute Gasteiger partial charge is 0.466 e. The van der Waals surface area contributed by atoms with Crippen LogP contribution in [0, 0.1) is 20.8 Å². The third-order valence-electron chi connectivity index (χ3n) is 2.95. The average Bonchev–Trinajstić information content (AvgIpc) is 2.27. The third kappa shape index (κ3) is 4.49. The van der Waals surface area contributed by atoms with Gasteiger partial charge in [-0.1, -0.05) is 17.7 Å². The second-order valence-electron chi connectivity index (χ2n) is 4.61. The molecule has 0 radical (unpaired) electrons. The molecule has 0 saturated carbocycles. The molecule has 0 aliphatic carbocycles. The predicted octanol–water partition coefficient (Wildman–Crippen LogP) is 2.65. The summed E-state index contributed by atoms with van der Waals surface area (Å²) in [5, 5.41) is 3.29. The van der Waals surface area contributed by atoms with E-state index in [1.807, 2.05) is 6.92 Å². The van der Waals surface area contributed by atoms with E-state index in [1.165, 1.54) is 22.3 Å². The van der Waals surface area contributed by atoms with Gasteiger partial charge in [0.2, 0.25) is 0 Å². The number of aryl methyl sites for hydroxylation is 3. The first-order valence-electron chi connectivity index (χ1n) is 6.47. The van der Waals surface area contributed by atoms with Crippen molar-refractivity contribution >= 4 is 5.97 Å². The fourth-order valence-corrected chi connectivity index (χ4v) is 2.13. The van der Waals surface area contributed by atoms with Gasteiger partial charge in [0.15, 0.2) is 0 Å². The molecule has 1 aromatic carbocycles. The molecule has 0 heterocycles. The number of hydrogen-bond donors (Lipinski definition) is 1. The van der Waals surface area contributed by atoms with Gasteiger partial charge in [-0.2, -0.15) is 0 Å². The standard InChI is InChI=1S/C15H23NO2/c1-5-18-15(17)6-7-16-10-14-12(3)8-11(2)9-13(14)4/h8-9,16H,5-7,10H2,1-4H3. The maximum Gasteiger partial charge on any atom is 0.307 e. The van der Waals surface area contributed by atoms with Crippen LogP contribution in [-0.4, -0.2) is 19.1 Å². The van der Waals surface area contributed by atoms with Crippen molar-refractivity contribution in [3.8, 4) is 0 Å². The fourth-order valence-electron chi connectivity index (χ4n) is 2.13. The Bertz CT molecular complexity index is 390. The highest BCUT2D eigenvalue weighted by molar-refractivity contribution is 5.69. The van der Waals surface area contributed by atoms with Crippen LogP contribution >= 0.6 is 0 Å². The van der Waals surface area contributed by atoms with Crippen LogP contribution < -0.4 is 5.32 Å². The molecule has 0 atom stereocenters. The minimum absolute atomic E-state index is 0.137. The summed E-state index contributed by atoms with van der Waals surface area (Å²) in [6.07, 6.45) is 0.428. The van der Waals surface area contributed by atoms with Crippen LogP contribution in [0.4, 0.5) is 0 Å². The number of benzene rings is 1. The summed E-state index contributed by atoms with van der Waals surface area (Å²) in [5.74, 6) is -0.137. The highest BCUT2D eigenvalue weighted by Crippen LogP contribution is 2.15. The number of esters is 1. The zero-order valence-electron chi connectivity index (χ0n) is 11.8. The highest BCUT2D eigenvalue weighted by atomic mass is 16.5. The summed E-state index contributed by atoms with van der Waals surface area (Å²) < 4.78 is 4.88. The van der Waals surface area contributed by atoms with Gasteiger partial charge in [0.25, 0.3) is 0 Å². The molecule has 0 aromatic heterocycles. The Labute approximate surface area is 110 Å². The molecular formula is C15H23NO2. The van der Waals surface area contributed by atoms with Crippen molar-refractivity contribution < 1.29 is 9.53 Å². The van der Waals surface area contributed by atoms with Crippen molar-refractivity contribution in [1.29, 1.82) is 0 Å². The SMILES string of the molecule is CCOC(=O)CCNCc1c(C)cc(C)cc1C. The Morgan fingerprint density at radius 3 is 2.39 bits per heavy atom. The lowest BCUT2D eigenvalue weighted by atomic mass is 10.00. The van der Waals surface area contributed by atoms with Crippen molar-refractivity contribution in [2.45, 2.75) is 40.7 Å². The smallest absolute Gasteiger partial charge is 0.307 e. The van der Waals surface area contributed by atoms with Gasteiger partial charge in [0, 0.05) is 13.1 Å². The zero-order valence-corrected chi connectivity index (χ0v) is 11.8. The molecule has 0 unspecified atom stereocenters. The van der Waals surface area contributed by atoms with Crippen LogP contribution in [0.2, 0.25) is 0 Å². The molecule has 100 valence electrons. The average molecular weight is 249 g/mol. The molecule has 1 rings (SSSR count). The Balaban J connectivity index is 2.42. The second kappa shape index (κ2) is 7.17. The van der Waals surface area contributed by atoms with Crippen LogP contribution in [0.15, 0.2) is 12.1 Å². The van der Waals surface area contributed by atoms with E-state index >= 15 is 0 Å². The summed E-state index contributed by atoms with van der Waals surface area (Å²) in [7, 11) is 0. The van der Waals surface area contributed by atoms with Gasteiger partial charge in [0.1, 0.15) is 0 Å². The van der Waals surface area contributed by atoms with E-state index < -0.39 is 0 Å². The van der Waals surface area contributed by atoms with E-state index in [1.54, 1.807) is 0 Å². The Morgan fingerprint density at radius 2 is 1.83 bits per heavy atom. The predicted molar refractivity (Wildman–Crippen MR) is 73.6 cm³/mol. The molecule has 1 aromatic rings. The Hall–Kier alpha value is -1.35. The minimum atomic E-state index is -0.137. The summed E-state index contributed by atoms with van der Waals surface area (Å²) in [6, 6.07) is 4.38. The quantitative estimate of drug-likeness (QED) is 0.622. The lowest BCUT2D eigenvalue weighted by Crippen LogP contribution is -2.20. The van der Waals surface area contributed by atoms with Gasteiger partial charge >= 0.3 is 5.97 Å². The van der Waals surface area contributed by atoms with E-state index in [-0.39, 0.29) is 5.97 Å². The van der Waals surface area contributed by atoms with E-state index in [2.05, 4.69) is 38.2 Å². The van der Waals surface area contributed by atoms with Gasteiger partial charge in [-0.05, 0) is 44.4 Å². The van der Waals surface area contributed by atoms with E-state index in [0.29, 0.717) is 19.6 Å². The molecule has 3 nitrogen and oxygen atoms in total. The van der Waals surface area contributed by atoms with Gasteiger partial charge in [-0.3, -0.25) is 4.79 Å². The summed E-state index contributed by atoms with van der Waals surface area (Å²) in [5.41, 5.74) is 5.22. The molecule has 0 spiro atoms. The molecule has 3 heteroatoms. The number of nitrogens with one attached hydrogen (secondary N) is 1. The lowest BCUT2D eigenvalue weighted by Gasteiger charge is -2.12. The van der Waals surface area contributed by atoms with Crippen molar-refractivity contribution in [2.75, 3.05) is 13.2 Å². The van der Waals surface area contributed by atoms with Gasteiger partial charge in [-0.25, -0.2) is 0 Å². The van der Waals surface area contributed by atoms with Crippen LogP contribution in [-0.2, 0) is 16.1 Å². The van der Waals surface area contributed by atoms with E-state index in [9.17, 15) is 4.79 Å². The van der Waals surface area contributed by atoms with Crippen molar-refractivity contribution in [3.63, 3.8) is 0 Å². The molecule has 0 aliphatic heterocycles. The summed E-state index contributed by atoms with van der Waals surface area (Å²) >= 11 is 0. The second-order valence-corrected chi connectivity index (χ2v) is 4.61. The number of carbonyl (C=O) groups is 1. The van der Waals surface area contributed by atoms with Crippen molar-refractivity contribution in [1.82, 2.24) is 5.32 Å². The highest BCUT2D eigenvalue weighted by Gasteiger charge is 2.04. The molecule has 0 fully saturated rings. The van der Waals surface area contributed by atoms with Crippen molar-refractivity contribution in [3.05, 3.63) is 34.4 Å². The monoisotopic (exact) mass is 249 g/mol. The van der Waals surface area contributed by atoms with E-state index in [4.69, 9.17) is 4.74 Å². The number of rotatable bonds is 6. The molecule has 0 amide bonds. The number of hydrogen-bond acceptors (Lipinski definition) is 3. The first-order valence-corrected chi connectivity index (χ1v) is 6.47. The topological polar surface area (TPSA) is 38.3 Å². The van der Waals surface area contributed by atoms with Crippen molar-refractivity contribution in [2.24, 2.45) is 0 Å². The maximum atomic E-state index is 11.2. The maximum absolute atomic E-state index is 11.2. The molecular weight excluding hydrogens is 226 g/mol. The molecule has 0 aliphatic rings. The normalized spacial score (nSPS) is 10.4. The summed E-state index contributed by atoms with van der Waals surface area (Å²) in [6.45, 7) is 10.1. The van der Waals surface area contributed by atoms with Gasteiger partial charge in [-0.15, -0.1) is 0 Å². The third-order valence-corrected chi connectivity index (χ3v) is 2.95. The first kappa shape index (κ1) is 14.7. The van der Waals surface area contributed by atoms with E-state index in [0.717, 1.165) is 6.54 Å². The van der Waals surface area contributed by atoms with Crippen LogP contribution in [0.3, 0.4) is 0 Å². The fraction of sp³-hybridized carbons (Fsp3) is 0.533. The molecule has 0 bridgehead atoms. The molecule has 1 N–H and O–H groups in total. The van der Waals surface area contributed by atoms with Gasteiger partial charge < -0.3 is 10.1 Å². The Morgan fingerprint density at radius 1 is 1.22 bits per heavy atom. The van der Waals surface area contributed by atoms with Gasteiger partial charge in [0.05, 0.1) is 13.0 Å². The lowest BCUT2D eigenvalue weighted by molar-refractivity contribution is -0.142. The number of ether oxygens (including phenoxy) is 1. The molecule has 18 heavy (non-hydrogen) atoms. The first-order chi connectivity index (χ1) is 8.54. The van der Waals surface area contributed by atoms with Crippen LogP contribution in [0.25, 0.3) is 0 Å². The summed E-state index contributed by atoms with van der Waals surface area (Å²) in [4.78, 5) is 11.2. The molecule has 0 saturated heterocycles. The van der Waals surface area contributed by atoms with Crippen LogP contribution in [0.5, 0.6) is 0 Å². The zero-order chi connectivity index (χ0) is 13.5. The number of carbonyl (C=O) groups excluding carboxylic acids is 1. The Kier molecular flexibility index (Phi) is 5.86.